The van der Waals surface area contributed by atoms with Gasteiger partial charge in [0.1, 0.15) is 5.82 Å². The molecule has 1 aliphatic carbocycles. The number of hydrogen-bond acceptors (Lipinski definition) is 2. The molecule has 1 aromatic carbocycles. The lowest BCUT2D eigenvalue weighted by Gasteiger charge is -2.29. The van der Waals surface area contributed by atoms with E-state index < -0.39 is 0 Å². The van der Waals surface area contributed by atoms with E-state index in [0.717, 1.165) is 25.7 Å². The number of nitrogens with two attached hydrogens (primary N) is 1. The molecule has 18 heavy (non-hydrogen) atoms. The summed E-state index contributed by atoms with van der Waals surface area (Å²) in [6.07, 6.45) is 4.03. The second-order valence-corrected chi connectivity index (χ2v) is 4.66. The topological polar surface area (TPSA) is 67.1 Å². The maximum atomic E-state index is 12.9. The predicted octanol–water partition coefficient (Wildman–Crippen LogP) is 2.22. The lowest BCUT2D eigenvalue weighted by Crippen LogP contribution is -2.50. The number of rotatable bonds is 2. The number of anilines is 1. The average molecular weight is 251 g/mol. The van der Waals surface area contributed by atoms with E-state index in [9.17, 15) is 9.18 Å². The van der Waals surface area contributed by atoms with Gasteiger partial charge in [-0.3, -0.25) is 0 Å². The third-order valence-corrected chi connectivity index (χ3v) is 3.22. The Kier molecular flexibility index (Phi) is 4.15. The zero-order valence-electron chi connectivity index (χ0n) is 10.2. The van der Waals surface area contributed by atoms with E-state index in [1.165, 1.54) is 12.1 Å². The molecule has 4 nitrogen and oxygen atoms in total. The van der Waals surface area contributed by atoms with Crippen molar-refractivity contribution in [3.05, 3.63) is 30.1 Å². The summed E-state index contributed by atoms with van der Waals surface area (Å²) in [4.78, 5) is 11.7. The first-order valence-electron chi connectivity index (χ1n) is 6.24. The Labute approximate surface area is 106 Å². The second-order valence-electron chi connectivity index (χ2n) is 4.66. The average Bonchev–Trinajstić information content (AvgIpc) is 2.32. The fraction of sp³-hybridized carbons (Fsp3) is 0.462. The molecule has 4 N–H and O–H groups in total. The molecule has 0 aromatic heterocycles. The highest BCUT2D eigenvalue weighted by Crippen LogP contribution is 2.17. The van der Waals surface area contributed by atoms with Crippen molar-refractivity contribution < 1.29 is 9.18 Å². The molecule has 1 aliphatic rings. The maximum absolute atomic E-state index is 12.9. The lowest BCUT2D eigenvalue weighted by atomic mass is 9.91. The van der Waals surface area contributed by atoms with Gasteiger partial charge >= 0.3 is 6.03 Å². The summed E-state index contributed by atoms with van der Waals surface area (Å²) in [5.41, 5.74) is 6.38. The Morgan fingerprint density at radius 1 is 1.33 bits per heavy atom. The van der Waals surface area contributed by atoms with Crippen molar-refractivity contribution in [3.63, 3.8) is 0 Å². The van der Waals surface area contributed by atoms with Crippen LogP contribution in [0.5, 0.6) is 0 Å². The molecule has 0 spiro atoms. The van der Waals surface area contributed by atoms with E-state index in [4.69, 9.17) is 5.73 Å². The van der Waals surface area contributed by atoms with E-state index in [0.29, 0.717) is 5.69 Å². The molecule has 2 amide bonds. The van der Waals surface area contributed by atoms with Crippen LogP contribution in [0.1, 0.15) is 25.7 Å². The van der Waals surface area contributed by atoms with E-state index in [1.807, 2.05) is 0 Å². The number of benzene rings is 1. The van der Waals surface area contributed by atoms with Crippen LogP contribution in [0.25, 0.3) is 0 Å². The molecule has 0 heterocycles. The highest BCUT2D eigenvalue weighted by atomic mass is 19.1. The lowest BCUT2D eigenvalue weighted by molar-refractivity contribution is 0.240. The van der Waals surface area contributed by atoms with E-state index >= 15 is 0 Å². The Balaban J connectivity index is 1.88. The van der Waals surface area contributed by atoms with E-state index in [-0.39, 0.29) is 23.9 Å². The van der Waals surface area contributed by atoms with E-state index in [1.54, 1.807) is 12.1 Å². The van der Waals surface area contributed by atoms with Gasteiger partial charge in [-0.1, -0.05) is 18.9 Å². The van der Waals surface area contributed by atoms with Crippen LogP contribution < -0.4 is 16.4 Å². The first-order valence-corrected chi connectivity index (χ1v) is 6.24. The molecule has 2 rings (SSSR count). The van der Waals surface area contributed by atoms with Crippen LogP contribution in [0, 0.1) is 5.82 Å². The fourth-order valence-corrected chi connectivity index (χ4v) is 2.24. The molecule has 1 saturated carbocycles. The van der Waals surface area contributed by atoms with Gasteiger partial charge in [-0.15, -0.1) is 0 Å². The molecule has 0 aliphatic heterocycles. The van der Waals surface area contributed by atoms with Crippen LogP contribution in [0.15, 0.2) is 24.3 Å². The summed E-state index contributed by atoms with van der Waals surface area (Å²) in [5.74, 6) is -0.373. The van der Waals surface area contributed by atoms with Crippen LogP contribution in [-0.4, -0.2) is 18.1 Å². The van der Waals surface area contributed by atoms with Crippen molar-refractivity contribution >= 4 is 11.7 Å². The van der Waals surface area contributed by atoms with Crippen LogP contribution in [-0.2, 0) is 0 Å². The van der Waals surface area contributed by atoms with Gasteiger partial charge < -0.3 is 16.4 Å². The minimum absolute atomic E-state index is 0.00677. The summed E-state index contributed by atoms with van der Waals surface area (Å²) in [5, 5.41) is 5.44. The molecule has 0 radical (unpaired) electrons. The fourth-order valence-electron chi connectivity index (χ4n) is 2.24. The summed E-state index contributed by atoms with van der Waals surface area (Å²) in [6, 6.07) is 5.49. The van der Waals surface area contributed by atoms with Gasteiger partial charge in [0.2, 0.25) is 0 Å². The smallest absolute Gasteiger partial charge is 0.319 e. The Hall–Kier alpha value is -1.62. The first kappa shape index (κ1) is 12.8. The summed E-state index contributed by atoms with van der Waals surface area (Å²) >= 11 is 0. The number of nitrogens with one attached hydrogen (secondary N) is 2. The third kappa shape index (κ3) is 3.43. The summed E-state index contributed by atoms with van der Waals surface area (Å²) in [7, 11) is 0. The van der Waals surface area contributed by atoms with Crippen LogP contribution in [0.4, 0.5) is 14.9 Å². The number of amides is 2. The van der Waals surface area contributed by atoms with Crippen LogP contribution in [0.2, 0.25) is 0 Å². The largest absolute Gasteiger partial charge is 0.334 e. The Morgan fingerprint density at radius 2 is 2.11 bits per heavy atom. The molecule has 0 unspecified atom stereocenters. The van der Waals surface area contributed by atoms with Gasteiger partial charge in [0.05, 0.1) is 0 Å². The van der Waals surface area contributed by atoms with Gasteiger partial charge in [0.25, 0.3) is 0 Å². The van der Waals surface area contributed by atoms with Gasteiger partial charge in [0.15, 0.2) is 0 Å². The van der Waals surface area contributed by atoms with Crippen LogP contribution >= 0.6 is 0 Å². The number of hydrogen-bond donors (Lipinski definition) is 3. The number of urea groups is 1. The van der Waals surface area contributed by atoms with E-state index in [2.05, 4.69) is 10.6 Å². The molecule has 0 saturated heterocycles. The molecule has 0 bridgehead atoms. The van der Waals surface area contributed by atoms with Crippen molar-refractivity contribution in [2.24, 2.45) is 5.73 Å². The Bertz CT molecular complexity index is 424. The van der Waals surface area contributed by atoms with Crippen molar-refractivity contribution in [3.8, 4) is 0 Å². The Morgan fingerprint density at radius 3 is 2.83 bits per heavy atom. The maximum Gasteiger partial charge on any atom is 0.319 e. The van der Waals surface area contributed by atoms with Crippen molar-refractivity contribution in [2.75, 3.05) is 5.32 Å². The van der Waals surface area contributed by atoms with Crippen LogP contribution in [0.3, 0.4) is 0 Å². The molecule has 1 fully saturated rings. The molecular weight excluding hydrogens is 233 g/mol. The first-order chi connectivity index (χ1) is 8.65. The molecule has 5 heteroatoms. The summed E-state index contributed by atoms with van der Waals surface area (Å²) < 4.78 is 12.9. The van der Waals surface area contributed by atoms with Gasteiger partial charge in [-0.25, -0.2) is 9.18 Å². The second kappa shape index (κ2) is 5.82. The zero-order valence-corrected chi connectivity index (χ0v) is 10.2. The highest BCUT2D eigenvalue weighted by molar-refractivity contribution is 5.89. The normalized spacial score (nSPS) is 23.4. The van der Waals surface area contributed by atoms with Gasteiger partial charge in [-0.05, 0) is 31.0 Å². The zero-order chi connectivity index (χ0) is 13.0. The minimum Gasteiger partial charge on any atom is -0.334 e. The van der Waals surface area contributed by atoms with Gasteiger partial charge in [-0.2, -0.15) is 0 Å². The number of halogens is 1. The monoisotopic (exact) mass is 251 g/mol. The summed E-state index contributed by atoms with van der Waals surface area (Å²) in [6.45, 7) is 0. The minimum atomic E-state index is -0.373. The van der Waals surface area contributed by atoms with Crippen molar-refractivity contribution in [1.29, 1.82) is 0 Å². The molecular formula is C13H18FN3O. The highest BCUT2D eigenvalue weighted by Gasteiger charge is 2.23. The number of carbonyl (C=O) groups excluding carboxylic acids is 1. The SMILES string of the molecule is N[C@@H]1CCCC[C@H]1NC(=O)Nc1cccc(F)c1. The molecule has 2 atom stereocenters. The van der Waals surface area contributed by atoms with Gasteiger partial charge in [0, 0.05) is 17.8 Å². The van der Waals surface area contributed by atoms with Crippen molar-refractivity contribution in [1.82, 2.24) is 5.32 Å². The third-order valence-electron chi connectivity index (χ3n) is 3.22. The van der Waals surface area contributed by atoms with Crippen molar-refractivity contribution in [2.45, 2.75) is 37.8 Å². The molecule has 98 valence electrons. The molecule has 1 aromatic rings. The quantitative estimate of drug-likeness (QED) is 0.754. The predicted molar refractivity (Wildman–Crippen MR) is 68.8 cm³/mol. The number of carbonyl (C=O) groups is 1. The standard InChI is InChI=1S/C13H18FN3O/c14-9-4-3-5-10(8-9)16-13(18)17-12-7-2-1-6-11(12)15/h3-5,8,11-12H,1-2,6-7,15H2,(H2,16,17,18)/t11-,12-/m1/s1.